The second-order valence-electron chi connectivity index (χ2n) is 21.1. The van der Waals surface area contributed by atoms with Crippen molar-refractivity contribution in [3.63, 3.8) is 0 Å². The molecular formula is C56H76O22. The first-order chi connectivity index (χ1) is 36.2. The molecule has 0 unspecified atom stereocenters. The summed E-state index contributed by atoms with van der Waals surface area (Å²) in [6, 6.07) is 0. The minimum atomic E-state index is -1.31. The van der Waals surface area contributed by atoms with Gasteiger partial charge in [-0.05, 0) is 128 Å². The highest BCUT2D eigenvalue weighted by molar-refractivity contribution is 5.70. The maximum Gasteiger partial charge on any atom is 0.303 e. The van der Waals surface area contributed by atoms with Crippen LogP contribution in [0.1, 0.15) is 140 Å². The van der Waals surface area contributed by atoms with E-state index in [1.54, 1.807) is 0 Å². The van der Waals surface area contributed by atoms with Crippen LogP contribution >= 0.6 is 0 Å². The first-order valence-corrected chi connectivity index (χ1v) is 25.8. The van der Waals surface area contributed by atoms with Crippen LogP contribution in [0.15, 0.2) is 0 Å². The molecule has 0 aromatic heterocycles. The molecule has 22 heteroatoms. The molecule has 78 heavy (non-hydrogen) atoms. The van der Waals surface area contributed by atoms with E-state index >= 15 is 0 Å². The summed E-state index contributed by atoms with van der Waals surface area (Å²) in [5, 5.41) is 0. The molecule has 22 nitrogen and oxygen atoms in total. The van der Waals surface area contributed by atoms with Crippen LogP contribution in [0.2, 0.25) is 0 Å². The topological polar surface area (TPSA) is 266 Å². The maximum absolute atomic E-state index is 12.1. The molecule has 2 fully saturated rings. The molecule has 2 aromatic rings. The van der Waals surface area contributed by atoms with Gasteiger partial charge in [0.1, 0.15) is 59.6 Å². The van der Waals surface area contributed by atoms with E-state index in [0.29, 0.717) is 11.5 Å². The summed E-state index contributed by atoms with van der Waals surface area (Å²) in [4.78, 5) is 95.6. The molecule has 10 atom stereocenters. The van der Waals surface area contributed by atoms with Crippen LogP contribution in [0, 0.1) is 41.5 Å². The summed E-state index contributed by atoms with van der Waals surface area (Å²) in [6.07, 6.45) is -9.39. The molecule has 4 aliphatic heterocycles. The SMILES string of the molecule is CC(=O)OC[C@H]1O[C@H](Oc2c(C)c(C)c3c(c2C)CCC(C)(C)O3)[C@H](OC(C)=O)[C@@H](OC(C)=O)[C@@H]1OC(C)=O.CC(=O)OC[C@H]1O[C@H](Oc2c(C)c(C)c3c(c2C)CCC(C)(C)O3)[C@H](OC(C)=O)[C@@H](OC(C)=O)[C@@H]1OC(C)=O. The van der Waals surface area contributed by atoms with Crippen molar-refractivity contribution in [3.05, 3.63) is 44.5 Å². The Labute approximate surface area is 454 Å². The van der Waals surface area contributed by atoms with Crippen molar-refractivity contribution in [2.45, 2.75) is 223 Å². The zero-order valence-corrected chi connectivity index (χ0v) is 48.0. The van der Waals surface area contributed by atoms with Gasteiger partial charge in [-0.3, -0.25) is 38.4 Å². The summed E-state index contributed by atoms with van der Waals surface area (Å²) >= 11 is 0. The number of ether oxygens (including phenoxy) is 14. The van der Waals surface area contributed by atoms with Gasteiger partial charge in [0.2, 0.25) is 24.8 Å². The molecule has 432 valence electrons. The highest BCUT2D eigenvalue weighted by atomic mass is 16.7. The van der Waals surface area contributed by atoms with Gasteiger partial charge < -0.3 is 66.3 Å². The first kappa shape index (κ1) is 62.2. The number of esters is 8. The molecule has 4 aliphatic rings. The highest BCUT2D eigenvalue weighted by Crippen LogP contribution is 2.47. The predicted molar refractivity (Wildman–Crippen MR) is 273 cm³/mol. The minimum absolute atomic E-state index is 0.307. The maximum atomic E-state index is 12.1. The fourth-order valence-corrected chi connectivity index (χ4v) is 9.85. The summed E-state index contributed by atoms with van der Waals surface area (Å²) in [5.41, 5.74) is 6.41. The molecule has 0 amide bonds. The largest absolute Gasteiger partial charge is 0.487 e. The standard InChI is InChI=1S/2C28H38O11/c2*1-13-14(2)23-20(10-11-28(8,9)39-23)15(3)22(13)38-27-26(36-19(7)32)25(35-18(6)31)24(34-17(5)30)21(37-27)12-33-16(4)29/h2*21,24-27H,10-12H2,1-9H3/t2*21-,24-,25+,26-,27-/m11/s1. The highest BCUT2D eigenvalue weighted by Gasteiger charge is 2.55. The van der Waals surface area contributed by atoms with E-state index < -0.39 is 109 Å². The van der Waals surface area contributed by atoms with Gasteiger partial charge in [0.15, 0.2) is 24.4 Å². The van der Waals surface area contributed by atoms with Crippen molar-refractivity contribution >= 4 is 47.8 Å². The second kappa shape index (κ2) is 25.4. The molecule has 2 aromatic carbocycles. The molecule has 0 spiro atoms. The lowest BCUT2D eigenvalue weighted by Gasteiger charge is -2.44. The lowest BCUT2D eigenvalue weighted by molar-refractivity contribution is -0.288. The number of rotatable bonds is 14. The van der Waals surface area contributed by atoms with Gasteiger partial charge in [0.05, 0.1) is 0 Å². The number of fused-ring (bicyclic) bond motifs is 2. The molecular weight excluding hydrogens is 1020 g/mol. The normalized spacial score (nSPS) is 25.4. The van der Waals surface area contributed by atoms with Crippen LogP contribution in [0.5, 0.6) is 23.0 Å². The van der Waals surface area contributed by atoms with Crippen molar-refractivity contribution < 1.29 is 105 Å². The Bertz CT molecular complexity index is 2460. The summed E-state index contributed by atoms with van der Waals surface area (Å²) in [6.45, 7) is 28.5. The van der Waals surface area contributed by atoms with Crippen LogP contribution in [0.25, 0.3) is 0 Å². The zero-order chi connectivity index (χ0) is 58.5. The van der Waals surface area contributed by atoms with Crippen molar-refractivity contribution in [2.75, 3.05) is 13.2 Å². The second-order valence-corrected chi connectivity index (χ2v) is 21.1. The number of benzene rings is 2. The van der Waals surface area contributed by atoms with E-state index in [-0.39, 0.29) is 24.4 Å². The van der Waals surface area contributed by atoms with E-state index in [4.69, 9.17) is 66.3 Å². The third-order valence-corrected chi connectivity index (χ3v) is 13.7. The summed E-state index contributed by atoms with van der Waals surface area (Å²) in [5.74, 6) is -2.77. The monoisotopic (exact) mass is 1100 g/mol. The number of carbonyl (C=O) groups excluding carboxylic acids is 8. The van der Waals surface area contributed by atoms with Gasteiger partial charge in [0, 0.05) is 66.5 Å². The van der Waals surface area contributed by atoms with Crippen molar-refractivity contribution in [3.8, 4) is 23.0 Å². The van der Waals surface area contributed by atoms with Crippen molar-refractivity contribution in [1.82, 2.24) is 0 Å². The average Bonchev–Trinajstić information content (AvgIpc) is 3.31. The molecule has 4 heterocycles. The number of hydrogen-bond donors (Lipinski definition) is 0. The van der Waals surface area contributed by atoms with Crippen LogP contribution < -0.4 is 18.9 Å². The predicted octanol–water partition coefficient (Wildman–Crippen LogP) is 6.35. The van der Waals surface area contributed by atoms with Crippen LogP contribution in [-0.4, -0.2) is 134 Å². The molecule has 0 bridgehead atoms. The molecule has 2 saturated heterocycles. The molecule has 0 N–H and O–H groups in total. The Morgan fingerprint density at radius 3 is 0.962 bits per heavy atom. The van der Waals surface area contributed by atoms with Gasteiger partial charge >= 0.3 is 47.8 Å². The Kier molecular flexibility index (Phi) is 20.3. The Balaban J connectivity index is 0.000000287. The lowest BCUT2D eigenvalue weighted by atomic mass is 9.88. The van der Waals surface area contributed by atoms with Crippen LogP contribution in [0.3, 0.4) is 0 Å². The lowest BCUT2D eigenvalue weighted by Crippen LogP contribution is -2.63. The average molecular weight is 1100 g/mol. The third kappa shape index (κ3) is 15.3. The van der Waals surface area contributed by atoms with Crippen LogP contribution in [-0.2, 0) is 98.6 Å². The van der Waals surface area contributed by atoms with Crippen LogP contribution in [0.4, 0.5) is 0 Å². The van der Waals surface area contributed by atoms with E-state index in [1.807, 2.05) is 69.2 Å². The third-order valence-electron chi connectivity index (χ3n) is 13.7. The summed E-state index contributed by atoms with van der Waals surface area (Å²) in [7, 11) is 0. The Morgan fingerprint density at radius 1 is 0.397 bits per heavy atom. The Morgan fingerprint density at radius 2 is 0.679 bits per heavy atom. The van der Waals surface area contributed by atoms with Gasteiger partial charge in [-0.15, -0.1) is 0 Å². The molecule has 0 radical (unpaired) electrons. The van der Waals surface area contributed by atoms with E-state index in [1.165, 1.54) is 55.4 Å². The quantitative estimate of drug-likeness (QED) is 0.147. The molecule has 0 aliphatic carbocycles. The Hall–Kier alpha value is -6.68. The number of carbonyl (C=O) groups is 8. The van der Waals surface area contributed by atoms with Crippen molar-refractivity contribution in [2.24, 2.45) is 0 Å². The molecule has 6 rings (SSSR count). The number of hydrogen-bond acceptors (Lipinski definition) is 22. The zero-order valence-electron chi connectivity index (χ0n) is 48.0. The summed E-state index contributed by atoms with van der Waals surface area (Å²) < 4.78 is 80.9. The van der Waals surface area contributed by atoms with Gasteiger partial charge in [-0.1, -0.05) is 0 Å². The van der Waals surface area contributed by atoms with Crippen molar-refractivity contribution in [1.29, 1.82) is 0 Å². The smallest absolute Gasteiger partial charge is 0.303 e. The molecule has 0 saturated carbocycles. The minimum Gasteiger partial charge on any atom is -0.487 e. The first-order valence-electron chi connectivity index (χ1n) is 25.8. The van der Waals surface area contributed by atoms with Gasteiger partial charge in [-0.2, -0.15) is 0 Å². The fourth-order valence-electron chi connectivity index (χ4n) is 9.85. The van der Waals surface area contributed by atoms with Gasteiger partial charge in [0.25, 0.3) is 0 Å². The fraction of sp³-hybridized carbons (Fsp3) is 0.643. The van der Waals surface area contributed by atoms with E-state index in [9.17, 15) is 38.4 Å². The van der Waals surface area contributed by atoms with E-state index in [0.717, 1.165) is 81.7 Å². The van der Waals surface area contributed by atoms with E-state index in [2.05, 4.69) is 0 Å². The van der Waals surface area contributed by atoms with Gasteiger partial charge in [-0.25, -0.2) is 0 Å².